The van der Waals surface area contributed by atoms with Gasteiger partial charge in [-0.15, -0.1) is 0 Å². The Labute approximate surface area is 71.2 Å². The largest absolute Gasteiger partial charge is 0.305 e. The summed E-state index contributed by atoms with van der Waals surface area (Å²) in [6.07, 6.45) is 0. The van der Waals surface area contributed by atoms with E-state index in [1.165, 1.54) is 0 Å². The van der Waals surface area contributed by atoms with E-state index in [-0.39, 0.29) is 0 Å². The predicted octanol–water partition coefficient (Wildman–Crippen LogP) is 1.28. The van der Waals surface area contributed by atoms with Gasteiger partial charge in [0, 0.05) is 18.6 Å². The Morgan fingerprint density at radius 1 is 1.00 bits per heavy atom. The van der Waals surface area contributed by atoms with Crippen LogP contribution in [-0.2, 0) is 0 Å². The van der Waals surface area contributed by atoms with Crippen molar-refractivity contribution in [2.75, 3.05) is 27.7 Å². The van der Waals surface area contributed by atoms with Gasteiger partial charge < -0.3 is 9.80 Å². The highest BCUT2D eigenvalue weighted by molar-refractivity contribution is 4.66. The summed E-state index contributed by atoms with van der Waals surface area (Å²) in [6, 6.07) is 1.29. The van der Waals surface area contributed by atoms with Crippen LogP contribution >= 0.6 is 0 Å². The van der Waals surface area contributed by atoms with Gasteiger partial charge in [0.2, 0.25) is 0 Å². The summed E-state index contributed by atoms with van der Waals surface area (Å²) >= 11 is 0. The number of hydrogen-bond acceptors (Lipinski definition) is 2. The van der Waals surface area contributed by atoms with E-state index in [4.69, 9.17) is 0 Å². The van der Waals surface area contributed by atoms with Crippen molar-refractivity contribution in [2.24, 2.45) is 0 Å². The van der Waals surface area contributed by atoms with Crippen molar-refractivity contribution >= 4 is 0 Å². The summed E-state index contributed by atoms with van der Waals surface area (Å²) in [7, 11) is 6.42. The fourth-order valence-corrected chi connectivity index (χ4v) is 0.791. The number of hydrogen-bond donors (Lipinski definition) is 0. The third-order valence-corrected chi connectivity index (χ3v) is 2.32. The van der Waals surface area contributed by atoms with Crippen LogP contribution in [0.15, 0.2) is 0 Å². The van der Waals surface area contributed by atoms with Gasteiger partial charge in [-0.3, -0.25) is 0 Å². The lowest BCUT2D eigenvalue weighted by Crippen LogP contribution is -2.39. The van der Waals surface area contributed by atoms with Gasteiger partial charge in [-0.25, -0.2) is 0 Å². The maximum atomic E-state index is 2.37. The SMILES string of the molecule is CC(CN(C)C(C)C)N(C)C. The Kier molecular flexibility index (Phi) is 4.69. The second-order valence-electron chi connectivity index (χ2n) is 3.85. The van der Waals surface area contributed by atoms with Crippen LogP contribution in [0.5, 0.6) is 0 Å². The summed E-state index contributed by atoms with van der Waals surface area (Å²) in [4.78, 5) is 4.61. The van der Waals surface area contributed by atoms with E-state index in [0.717, 1.165) is 6.54 Å². The monoisotopic (exact) mass is 158 g/mol. The standard InChI is InChI=1S/C9H22N2/c1-8(2)11(6)7-9(3)10(4)5/h8-9H,7H2,1-6H3. The van der Waals surface area contributed by atoms with Crippen molar-refractivity contribution < 1.29 is 0 Å². The molecule has 0 saturated carbocycles. The van der Waals surface area contributed by atoms with Crippen LogP contribution in [0.4, 0.5) is 0 Å². The summed E-state index contributed by atoms with van der Waals surface area (Å²) < 4.78 is 0. The average Bonchev–Trinajstić information content (AvgIpc) is 1.87. The minimum Gasteiger partial charge on any atom is -0.305 e. The first-order valence-electron chi connectivity index (χ1n) is 4.31. The molecule has 0 spiro atoms. The molecule has 0 bridgehead atoms. The highest BCUT2D eigenvalue weighted by atomic mass is 15.2. The molecule has 2 nitrogen and oxygen atoms in total. The second kappa shape index (κ2) is 4.73. The Morgan fingerprint density at radius 2 is 1.45 bits per heavy atom. The van der Waals surface area contributed by atoms with E-state index >= 15 is 0 Å². The lowest BCUT2D eigenvalue weighted by atomic mass is 10.2. The molecule has 0 aromatic carbocycles. The van der Waals surface area contributed by atoms with Crippen LogP contribution < -0.4 is 0 Å². The molecule has 0 aromatic rings. The molecular weight excluding hydrogens is 136 g/mol. The molecule has 0 aliphatic heterocycles. The quantitative estimate of drug-likeness (QED) is 0.608. The Bertz CT molecular complexity index is 87.7. The molecule has 11 heavy (non-hydrogen) atoms. The van der Waals surface area contributed by atoms with Crippen molar-refractivity contribution in [3.05, 3.63) is 0 Å². The third kappa shape index (κ3) is 4.38. The molecule has 0 amide bonds. The molecule has 2 heteroatoms. The summed E-state index contributed by atoms with van der Waals surface area (Å²) in [6.45, 7) is 7.84. The van der Waals surface area contributed by atoms with Gasteiger partial charge in [0.05, 0.1) is 0 Å². The van der Waals surface area contributed by atoms with Crippen LogP contribution in [-0.4, -0.2) is 49.6 Å². The lowest BCUT2D eigenvalue weighted by Gasteiger charge is -2.28. The zero-order valence-electron chi connectivity index (χ0n) is 8.76. The zero-order valence-corrected chi connectivity index (χ0v) is 8.76. The fourth-order valence-electron chi connectivity index (χ4n) is 0.791. The first-order valence-corrected chi connectivity index (χ1v) is 4.31. The minimum absolute atomic E-state index is 0.641. The van der Waals surface area contributed by atoms with Crippen molar-refractivity contribution in [2.45, 2.75) is 32.9 Å². The first kappa shape index (κ1) is 10.9. The maximum absolute atomic E-state index is 2.37. The van der Waals surface area contributed by atoms with E-state index in [1.807, 2.05) is 0 Å². The van der Waals surface area contributed by atoms with Crippen molar-refractivity contribution in [1.29, 1.82) is 0 Å². The van der Waals surface area contributed by atoms with Gasteiger partial charge >= 0.3 is 0 Å². The first-order chi connectivity index (χ1) is 4.95. The van der Waals surface area contributed by atoms with Crippen molar-refractivity contribution in [3.8, 4) is 0 Å². The normalized spacial score (nSPS) is 15.0. The van der Waals surface area contributed by atoms with Crippen LogP contribution in [0.1, 0.15) is 20.8 Å². The number of likely N-dealkylation sites (N-methyl/N-ethyl adjacent to an activating group) is 2. The summed E-state index contributed by atoms with van der Waals surface area (Å²) in [5.74, 6) is 0. The van der Waals surface area contributed by atoms with Crippen molar-refractivity contribution in [3.63, 3.8) is 0 Å². The molecule has 0 heterocycles. The molecule has 0 aromatic heterocycles. The van der Waals surface area contributed by atoms with Crippen LogP contribution in [0.25, 0.3) is 0 Å². The molecule has 0 rings (SSSR count). The van der Waals surface area contributed by atoms with Crippen LogP contribution in [0.3, 0.4) is 0 Å². The van der Waals surface area contributed by atoms with Gasteiger partial charge in [-0.2, -0.15) is 0 Å². The highest BCUT2D eigenvalue weighted by Gasteiger charge is 2.09. The van der Waals surface area contributed by atoms with E-state index in [0.29, 0.717) is 12.1 Å². The fraction of sp³-hybridized carbons (Fsp3) is 1.00. The van der Waals surface area contributed by atoms with Gasteiger partial charge in [-0.1, -0.05) is 0 Å². The van der Waals surface area contributed by atoms with E-state index < -0.39 is 0 Å². The molecule has 0 saturated heterocycles. The third-order valence-electron chi connectivity index (χ3n) is 2.32. The van der Waals surface area contributed by atoms with Gasteiger partial charge in [0.25, 0.3) is 0 Å². The molecule has 0 aliphatic carbocycles. The van der Waals surface area contributed by atoms with E-state index in [9.17, 15) is 0 Å². The molecule has 0 N–H and O–H groups in total. The molecule has 68 valence electrons. The van der Waals surface area contributed by atoms with Gasteiger partial charge in [0.15, 0.2) is 0 Å². The zero-order chi connectivity index (χ0) is 9.02. The molecule has 0 aliphatic rings. The summed E-state index contributed by atoms with van der Waals surface area (Å²) in [5.41, 5.74) is 0. The highest BCUT2D eigenvalue weighted by Crippen LogP contribution is 1.98. The Morgan fingerprint density at radius 3 is 1.73 bits per heavy atom. The molecule has 0 radical (unpaired) electrons. The van der Waals surface area contributed by atoms with E-state index in [2.05, 4.69) is 51.7 Å². The van der Waals surface area contributed by atoms with Crippen molar-refractivity contribution in [1.82, 2.24) is 9.80 Å². The molecule has 1 unspecified atom stereocenters. The van der Waals surface area contributed by atoms with E-state index in [1.54, 1.807) is 0 Å². The Balaban J connectivity index is 3.66. The molecular formula is C9H22N2. The lowest BCUT2D eigenvalue weighted by molar-refractivity contribution is 0.192. The maximum Gasteiger partial charge on any atom is 0.0188 e. The number of nitrogens with zero attached hydrogens (tertiary/aromatic N) is 2. The number of rotatable bonds is 4. The summed E-state index contributed by atoms with van der Waals surface area (Å²) in [5, 5.41) is 0. The van der Waals surface area contributed by atoms with Gasteiger partial charge in [-0.05, 0) is 41.9 Å². The molecule has 1 atom stereocenters. The smallest absolute Gasteiger partial charge is 0.0188 e. The van der Waals surface area contributed by atoms with Gasteiger partial charge in [0.1, 0.15) is 0 Å². The Hall–Kier alpha value is -0.0800. The van der Waals surface area contributed by atoms with Crippen LogP contribution in [0, 0.1) is 0 Å². The second-order valence-corrected chi connectivity index (χ2v) is 3.85. The topological polar surface area (TPSA) is 6.48 Å². The predicted molar refractivity (Wildman–Crippen MR) is 50.9 cm³/mol. The van der Waals surface area contributed by atoms with Crippen LogP contribution in [0.2, 0.25) is 0 Å². The molecule has 0 fully saturated rings. The average molecular weight is 158 g/mol. The minimum atomic E-state index is 0.641.